The zero-order chi connectivity index (χ0) is 10.3. The van der Waals surface area contributed by atoms with E-state index in [9.17, 15) is 0 Å². The van der Waals surface area contributed by atoms with Gasteiger partial charge in [0.1, 0.15) is 0 Å². The van der Waals surface area contributed by atoms with E-state index in [1.807, 2.05) is 24.3 Å². The molecule has 0 aliphatic rings. The second-order valence-corrected chi connectivity index (χ2v) is 3.08. The Hall–Kier alpha value is -0.840. The molecule has 1 aromatic carbocycles. The Morgan fingerprint density at radius 1 is 1.31 bits per heavy atom. The molecule has 6 N–H and O–H groups in total. The minimum atomic E-state index is 0.000000000000000222. The van der Waals surface area contributed by atoms with Crippen molar-refractivity contribution in [2.75, 3.05) is 0 Å². The molecule has 0 spiro atoms. The van der Waals surface area contributed by atoms with Gasteiger partial charge in [-0.15, -0.1) is 0 Å². The average molecular weight is 218 g/mol. The van der Waals surface area contributed by atoms with Crippen molar-refractivity contribution in [2.24, 2.45) is 17.2 Å². The van der Waals surface area contributed by atoms with Crippen LogP contribution in [0.3, 0.4) is 0 Å². The molecule has 0 bridgehead atoms. The molecule has 0 unspecified atom stereocenters. The number of thiocarbonyl (C=S) groups is 1. The van der Waals surface area contributed by atoms with E-state index in [1.54, 1.807) is 0 Å². The van der Waals surface area contributed by atoms with Crippen molar-refractivity contribution in [3.63, 3.8) is 0 Å². The molecule has 0 aromatic heterocycles. The van der Waals surface area contributed by atoms with Crippen molar-refractivity contribution in [1.29, 1.82) is 0 Å². The third-order valence-corrected chi connectivity index (χ3v) is 1.55. The lowest BCUT2D eigenvalue weighted by molar-refractivity contribution is 1.07. The summed E-state index contributed by atoms with van der Waals surface area (Å²) < 4.78 is 0. The van der Waals surface area contributed by atoms with E-state index in [4.69, 9.17) is 17.3 Å². The van der Waals surface area contributed by atoms with Crippen LogP contribution >= 0.6 is 23.8 Å². The highest BCUT2D eigenvalue weighted by Gasteiger charge is 1.92. The first-order chi connectivity index (χ1) is 6.07. The molecule has 0 heterocycles. The van der Waals surface area contributed by atoms with Gasteiger partial charge in [0.25, 0.3) is 0 Å². The Bertz CT molecular complexity index is 274. The van der Waals surface area contributed by atoms with Gasteiger partial charge in [-0.3, -0.25) is 0 Å². The minimum Gasteiger partial charge on any atom is -0.377 e. The van der Waals surface area contributed by atoms with Crippen LogP contribution in [0.1, 0.15) is 5.56 Å². The van der Waals surface area contributed by atoms with Crippen LogP contribution in [-0.4, -0.2) is 5.11 Å². The standard InChI is InChI=1S/C7H8ClN.CH4N2S/c8-7-4-2-1-3-6(7)5-9;2-1(3)4/h1-4H,5,9H2;(H4,2,3,4). The fourth-order valence-electron chi connectivity index (χ4n) is 0.664. The lowest BCUT2D eigenvalue weighted by Crippen LogP contribution is -2.18. The monoisotopic (exact) mass is 217 g/mol. The highest BCUT2D eigenvalue weighted by atomic mass is 35.5. The van der Waals surface area contributed by atoms with Gasteiger partial charge in [0.15, 0.2) is 5.11 Å². The van der Waals surface area contributed by atoms with Gasteiger partial charge in [-0.2, -0.15) is 0 Å². The van der Waals surface area contributed by atoms with Crippen molar-refractivity contribution in [3.05, 3.63) is 34.9 Å². The van der Waals surface area contributed by atoms with Gasteiger partial charge in [-0.05, 0) is 23.8 Å². The van der Waals surface area contributed by atoms with Crippen LogP contribution in [-0.2, 0) is 6.54 Å². The maximum Gasteiger partial charge on any atom is 0.160 e. The summed E-state index contributed by atoms with van der Waals surface area (Å²) in [5, 5.41) is 0.750. The second kappa shape index (κ2) is 6.65. The highest BCUT2D eigenvalue weighted by Crippen LogP contribution is 2.12. The third kappa shape index (κ3) is 6.33. The van der Waals surface area contributed by atoms with E-state index in [0.717, 1.165) is 10.6 Å². The summed E-state index contributed by atoms with van der Waals surface area (Å²) in [6, 6.07) is 7.57. The molecular formula is C8H12ClN3S. The number of hydrogen-bond donors (Lipinski definition) is 3. The molecule has 0 saturated heterocycles. The molecule has 0 aliphatic heterocycles. The Morgan fingerprint density at radius 3 is 2.08 bits per heavy atom. The van der Waals surface area contributed by atoms with E-state index in [1.165, 1.54) is 0 Å². The molecule has 0 amide bonds. The Labute approximate surface area is 87.8 Å². The molecule has 1 aromatic rings. The van der Waals surface area contributed by atoms with Crippen LogP contribution in [0.2, 0.25) is 5.02 Å². The molecule has 0 aliphatic carbocycles. The van der Waals surface area contributed by atoms with E-state index >= 15 is 0 Å². The van der Waals surface area contributed by atoms with E-state index in [2.05, 4.69) is 23.7 Å². The highest BCUT2D eigenvalue weighted by molar-refractivity contribution is 7.80. The second-order valence-electron chi connectivity index (χ2n) is 2.20. The number of rotatable bonds is 1. The lowest BCUT2D eigenvalue weighted by Gasteiger charge is -1.96. The van der Waals surface area contributed by atoms with E-state index in [-0.39, 0.29) is 5.11 Å². The summed E-state index contributed by atoms with van der Waals surface area (Å²) in [6.07, 6.45) is 0. The van der Waals surface area contributed by atoms with Crippen molar-refractivity contribution in [3.8, 4) is 0 Å². The summed E-state index contributed by atoms with van der Waals surface area (Å²) in [7, 11) is 0. The van der Waals surface area contributed by atoms with Crippen LogP contribution in [0, 0.1) is 0 Å². The molecule has 0 atom stereocenters. The Kier molecular flexibility index (Phi) is 6.22. The fourth-order valence-corrected chi connectivity index (χ4v) is 0.877. The molecule has 1 rings (SSSR count). The number of hydrogen-bond acceptors (Lipinski definition) is 2. The maximum atomic E-state index is 5.74. The zero-order valence-electron chi connectivity index (χ0n) is 7.03. The normalized spacial score (nSPS) is 8.46. The summed E-state index contributed by atoms with van der Waals surface area (Å²) in [5.41, 5.74) is 15.6. The maximum absolute atomic E-state index is 5.74. The molecule has 0 saturated carbocycles. The Morgan fingerprint density at radius 2 is 1.77 bits per heavy atom. The smallest absolute Gasteiger partial charge is 0.160 e. The van der Waals surface area contributed by atoms with Gasteiger partial charge in [0.2, 0.25) is 0 Å². The molecule has 0 fully saturated rings. The SMILES string of the molecule is NC(N)=S.NCc1ccccc1Cl. The molecule has 0 radical (unpaired) electrons. The van der Waals surface area contributed by atoms with Crippen LogP contribution < -0.4 is 17.2 Å². The lowest BCUT2D eigenvalue weighted by atomic mass is 10.2. The number of benzene rings is 1. The number of halogens is 1. The van der Waals surface area contributed by atoms with E-state index < -0.39 is 0 Å². The van der Waals surface area contributed by atoms with Crippen LogP contribution in [0.4, 0.5) is 0 Å². The van der Waals surface area contributed by atoms with Crippen LogP contribution in [0.25, 0.3) is 0 Å². The van der Waals surface area contributed by atoms with Crippen molar-refractivity contribution < 1.29 is 0 Å². The largest absolute Gasteiger partial charge is 0.377 e. The first-order valence-corrected chi connectivity index (χ1v) is 4.35. The summed E-state index contributed by atoms with van der Waals surface area (Å²) in [6.45, 7) is 0.514. The van der Waals surface area contributed by atoms with Gasteiger partial charge >= 0.3 is 0 Å². The summed E-state index contributed by atoms with van der Waals surface area (Å²) in [4.78, 5) is 0. The predicted molar refractivity (Wildman–Crippen MR) is 60.3 cm³/mol. The zero-order valence-corrected chi connectivity index (χ0v) is 8.61. The van der Waals surface area contributed by atoms with Gasteiger partial charge in [-0.25, -0.2) is 0 Å². The van der Waals surface area contributed by atoms with Crippen LogP contribution in [0.15, 0.2) is 24.3 Å². The van der Waals surface area contributed by atoms with E-state index in [0.29, 0.717) is 6.54 Å². The molecule has 72 valence electrons. The van der Waals surface area contributed by atoms with Crippen LogP contribution in [0.5, 0.6) is 0 Å². The topological polar surface area (TPSA) is 78.1 Å². The van der Waals surface area contributed by atoms with Gasteiger partial charge in [-0.1, -0.05) is 29.8 Å². The Balaban J connectivity index is 0.000000310. The van der Waals surface area contributed by atoms with Crippen molar-refractivity contribution in [2.45, 2.75) is 6.54 Å². The first-order valence-electron chi connectivity index (χ1n) is 3.56. The molecule has 3 nitrogen and oxygen atoms in total. The summed E-state index contributed by atoms with van der Waals surface area (Å²) in [5.74, 6) is 0. The first kappa shape index (κ1) is 12.2. The van der Waals surface area contributed by atoms with Gasteiger partial charge in [0, 0.05) is 11.6 Å². The average Bonchev–Trinajstić information content (AvgIpc) is 2.04. The van der Waals surface area contributed by atoms with Gasteiger partial charge in [0.05, 0.1) is 0 Å². The fraction of sp³-hybridized carbons (Fsp3) is 0.125. The molecule has 5 heteroatoms. The van der Waals surface area contributed by atoms with Crippen molar-refractivity contribution in [1.82, 2.24) is 0 Å². The van der Waals surface area contributed by atoms with Crippen molar-refractivity contribution >= 4 is 28.9 Å². The minimum absolute atomic E-state index is 0.000000000000000222. The van der Waals surface area contributed by atoms with Gasteiger partial charge < -0.3 is 17.2 Å². The number of nitrogens with two attached hydrogens (primary N) is 3. The summed E-state index contributed by atoms with van der Waals surface area (Å²) >= 11 is 9.84. The third-order valence-electron chi connectivity index (χ3n) is 1.18. The molecular weight excluding hydrogens is 206 g/mol. The predicted octanol–water partition coefficient (Wildman–Crippen LogP) is 0.987. The molecule has 13 heavy (non-hydrogen) atoms. The quantitative estimate of drug-likeness (QED) is 0.613.